The van der Waals surface area contributed by atoms with Crippen LogP contribution in [0.1, 0.15) is 0 Å². The minimum atomic E-state index is 1.22. The highest BCUT2D eigenvalue weighted by Crippen LogP contribution is 2.42. The number of benzene rings is 10. The van der Waals surface area contributed by atoms with Crippen molar-refractivity contribution in [3.8, 4) is 55.6 Å². The van der Waals surface area contributed by atoms with Gasteiger partial charge < -0.3 is 0 Å². The fraction of sp³-hybridized carbons (Fsp3) is 0. The normalized spacial score (nSPS) is 11.5. The Kier molecular flexibility index (Phi) is 7.25. The van der Waals surface area contributed by atoms with Crippen LogP contribution in [0.25, 0.3) is 98.7 Å². The van der Waals surface area contributed by atoms with Gasteiger partial charge in [-0.3, -0.25) is 0 Å². The summed E-state index contributed by atoms with van der Waals surface area (Å²) in [5, 5.41) is 10.1. The summed E-state index contributed by atoms with van der Waals surface area (Å²) in [6.45, 7) is 0. The van der Waals surface area contributed by atoms with Crippen LogP contribution < -0.4 is 0 Å². The van der Waals surface area contributed by atoms with E-state index in [0.29, 0.717) is 0 Å². The van der Waals surface area contributed by atoms with E-state index in [2.05, 4.69) is 206 Å². The van der Waals surface area contributed by atoms with E-state index in [4.69, 9.17) is 0 Å². The van der Waals surface area contributed by atoms with Crippen molar-refractivity contribution in [2.24, 2.45) is 0 Å². The molecule has 0 atom stereocenters. The molecule has 0 fully saturated rings. The second kappa shape index (κ2) is 12.5. The van der Waals surface area contributed by atoms with Crippen molar-refractivity contribution in [2.45, 2.75) is 0 Å². The van der Waals surface area contributed by atoms with Gasteiger partial charge in [0, 0.05) is 0 Å². The van der Waals surface area contributed by atoms with Crippen LogP contribution in [0.2, 0.25) is 0 Å². The first-order valence-corrected chi connectivity index (χ1v) is 18.0. The Labute approximate surface area is 303 Å². The van der Waals surface area contributed by atoms with Crippen LogP contribution in [0.3, 0.4) is 0 Å². The zero-order valence-corrected chi connectivity index (χ0v) is 28.6. The molecule has 0 saturated heterocycles. The fourth-order valence-corrected chi connectivity index (χ4v) is 8.05. The zero-order valence-electron chi connectivity index (χ0n) is 28.6. The molecule has 0 heterocycles. The first-order chi connectivity index (χ1) is 25.8. The lowest BCUT2D eigenvalue weighted by Gasteiger charge is -2.16. The third kappa shape index (κ3) is 5.25. The third-order valence-electron chi connectivity index (χ3n) is 10.6. The van der Waals surface area contributed by atoms with Gasteiger partial charge in [0.1, 0.15) is 0 Å². The minimum absolute atomic E-state index is 1.22. The zero-order chi connectivity index (χ0) is 34.4. The molecular weight excluding hydrogens is 625 g/mol. The predicted octanol–water partition coefficient (Wildman–Crippen LogP) is 14.6. The highest BCUT2D eigenvalue weighted by molar-refractivity contribution is 6.16. The lowest BCUT2D eigenvalue weighted by Crippen LogP contribution is -1.90. The van der Waals surface area contributed by atoms with Gasteiger partial charge in [0.25, 0.3) is 0 Å². The molecule has 52 heavy (non-hydrogen) atoms. The average Bonchev–Trinajstić information content (AvgIpc) is 3.23. The van der Waals surface area contributed by atoms with Crippen LogP contribution in [0.4, 0.5) is 0 Å². The first-order valence-electron chi connectivity index (χ1n) is 18.0. The van der Waals surface area contributed by atoms with Crippen molar-refractivity contribution < 1.29 is 0 Å². The Morgan fingerprint density at radius 3 is 1.44 bits per heavy atom. The summed E-state index contributed by atoms with van der Waals surface area (Å²) in [4.78, 5) is 0. The summed E-state index contributed by atoms with van der Waals surface area (Å²) in [6, 6.07) is 75.6. The van der Waals surface area contributed by atoms with Crippen molar-refractivity contribution in [2.75, 3.05) is 0 Å². The van der Waals surface area contributed by atoms with Gasteiger partial charge in [0.15, 0.2) is 0 Å². The molecule has 0 heteroatoms. The van der Waals surface area contributed by atoms with E-state index < -0.39 is 0 Å². The molecular formula is C52H34. The van der Waals surface area contributed by atoms with Crippen molar-refractivity contribution in [1.82, 2.24) is 0 Å². The summed E-state index contributed by atoms with van der Waals surface area (Å²) >= 11 is 0. The van der Waals surface area contributed by atoms with Crippen molar-refractivity contribution in [3.05, 3.63) is 206 Å². The van der Waals surface area contributed by atoms with E-state index in [-0.39, 0.29) is 0 Å². The summed E-state index contributed by atoms with van der Waals surface area (Å²) in [5.74, 6) is 0. The van der Waals surface area contributed by atoms with Gasteiger partial charge in [-0.2, -0.15) is 0 Å². The van der Waals surface area contributed by atoms with E-state index in [1.807, 2.05) is 0 Å². The monoisotopic (exact) mass is 658 g/mol. The quantitative estimate of drug-likeness (QED) is 0.161. The van der Waals surface area contributed by atoms with E-state index in [0.717, 1.165) is 0 Å². The number of hydrogen-bond donors (Lipinski definition) is 0. The van der Waals surface area contributed by atoms with E-state index in [9.17, 15) is 0 Å². The SMILES string of the molecule is c1ccc(-c2cc3ccccc3cc2-c2ccc3c(c2)c(-c2ccccc2)cc2cc(-c4cccc(-c5cccc6ccccc56)c4)ccc23)cc1. The molecule has 10 aromatic rings. The summed E-state index contributed by atoms with van der Waals surface area (Å²) in [7, 11) is 0. The Morgan fingerprint density at radius 1 is 0.173 bits per heavy atom. The second-order valence-electron chi connectivity index (χ2n) is 13.7. The van der Waals surface area contributed by atoms with Gasteiger partial charge in [-0.15, -0.1) is 0 Å². The molecule has 0 unspecified atom stereocenters. The molecule has 10 rings (SSSR count). The third-order valence-corrected chi connectivity index (χ3v) is 10.6. The molecule has 0 aliphatic carbocycles. The molecule has 0 N–H and O–H groups in total. The van der Waals surface area contributed by atoms with E-state index >= 15 is 0 Å². The van der Waals surface area contributed by atoms with Crippen LogP contribution >= 0.6 is 0 Å². The van der Waals surface area contributed by atoms with Gasteiger partial charge >= 0.3 is 0 Å². The molecule has 0 saturated carbocycles. The molecule has 0 radical (unpaired) electrons. The van der Waals surface area contributed by atoms with E-state index in [1.54, 1.807) is 0 Å². The molecule has 242 valence electrons. The highest BCUT2D eigenvalue weighted by atomic mass is 14.2. The Balaban J connectivity index is 1.15. The minimum Gasteiger partial charge on any atom is -0.0622 e. The van der Waals surface area contributed by atoms with Gasteiger partial charge in [0.2, 0.25) is 0 Å². The summed E-state index contributed by atoms with van der Waals surface area (Å²) in [6.07, 6.45) is 0. The van der Waals surface area contributed by atoms with Crippen LogP contribution in [0, 0.1) is 0 Å². The highest BCUT2D eigenvalue weighted by Gasteiger charge is 2.15. The maximum Gasteiger partial charge on any atom is -0.00928 e. The van der Waals surface area contributed by atoms with Gasteiger partial charge in [0.05, 0.1) is 0 Å². The maximum absolute atomic E-state index is 2.41. The second-order valence-corrected chi connectivity index (χ2v) is 13.7. The molecule has 0 aromatic heterocycles. The predicted molar refractivity (Wildman–Crippen MR) is 224 cm³/mol. The van der Waals surface area contributed by atoms with Gasteiger partial charge in [-0.05, 0) is 135 Å². The maximum atomic E-state index is 2.41. The average molecular weight is 659 g/mol. The molecule has 0 nitrogen and oxygen atoms in total. The summed E-state index contributed by atoms with van der Waals surface area (Å²) < 4.78 is 0. The number of rotatable bonds is 5. The molecule has 10 aromatic carbocycles. The molecule has 0 spiro atoms. The summed E-state index contributed by atoms with van der Waals surface area (Å²) in [5.41, 5.74) is 12.3. The van der Waals surface area contributed by atoms with Crippen LogP contribution in [0.5, 0.6) is 0 Å². The lowest BCUT2D eigenvalue weighted by atomic mass is 9.87. The number of fused-ring (bicyclic) bond motifs is 5. The topological polar surface area (TPSA) is 0 Å². The smallest absolute Gasteiger partial charge is 0.00928 e. The van der Waals surface area contributed by atoms with Crippen LogP contribution in [-0.2, 0) is 0 Å². The molecule has 0 amide bonds. The van der Waals surface area contributed by atoms with E-state index in [1.165, 1.54) is 98.7 Å². The molecule has 0 aliphatic rings. The standard InChI is InChI=1S/C52H34/c1-3-13-36(14-4-1)49-31-39-18-7-8-19-40(39)32-51(49)43-26-28-48-47-27-25-41(30-44(47)34-50(52(48)33-43)37-15-5-2-6-16-37)38-21-11-22-42(29-38)46-24-12-20-35-17-9-10-23-45(35)46/h1-34H. The van der Waals surface area contributed by atoms with Crippen molar-refractivity contribution in [3.63, 3.8) is 0 Å². The van der Waals surface area contributed by atoms with Crippen molar-refractivity contribution >= 4 is 43.1 Å². The fourth-order valence-electron chi connectivity index (χ4n) is 8.05. The van der Waals surface area contributed by atoms with Crippen LogP contribution in [-0.4, -0.2) is 0 Å². The Hall–Kier alpha value is -6.76. The molecule has 0 aliphatic heterocycles. The first kappa shape index (κ1) is 30.1. The van der Waals surface area contributed by atoms with Crippen LogP contribution in [0.15, 0.2) is 206 Å². The molecule has 0 bridgehead atoms. The Bertz CT molecular complexity index is 2930. The van der Waals surface area contributed by atoms with Crippen molar-refractivity contribution in [1.29, 1.82) is 0 Å². The largest absolute Gasteiger partial charge is 0.0622 e. The van der Waals surface area contributed by atoms with Gasteiger partial charge in [-0.1, -0.05) is 170 Å². The van der Waals surface area contributed by atoms with Gasteiger partial charge in [-0.25, -0.2) is 0 Å². The number of hydrogen-bond acceptors (Lipinski definition) is 0. The lowest BCUT2D eigenvalue weighted by molar-refractivity contribution is 1.61. The Morgan fingerprint density at radius 2 is 0.673 bits per heavy atom.